The van der Waals surface area contributed by atoms with Crippen molar-refractivity contribution in [3.63, 3.8) is 0 Å². The molecule has 0 amide bonds. The molecule has 0 aliphatic carbocycles. The SMILES string of the molecule is c1ccc(-c2cc3cc(C4=NCCN4)ccc3o2)c(C2=NCCN2)c1. The fraction of sp³-hybridized carbons (Fsp3) is 0.200. The molecule has 2 N–H and O–H groups in total. The number of furan rings is 1. The van der Waals surface area contributed by atoms with E-state index in [-0.39, 0.29) is 0 Å². The standard InChI is InChI=1S/C20H18N4O/c1-2-4-16(20-23-9-10-24-20)15(3-1)18-12-14-11-13(5-6-17(14)25-18)19-21-7-8-22-19/h1-6,11-12H,7-10H2,(H,21,22)(H,23,24). The Morgan fingerprint density at radius 1 is 0.800 bits per heavy atom. The molecule has 1 aromatic heterocycles. The van der Waals surface area contributed by atoms with Crippen molar-refractivity contribution < 1.29 is 4.42 Å². The molecule has 5 nitrogen and oxygen atoms in total. The average Bonchev–Trinajstić information content (AvgIpc) is 3.42. The van der Waals surface area contributed by atoms with Gasteiger partial charge < -0.3 is 15.1 Å². The normalized spacial score (nSPS) is 16.5. The maximum absolute atomic E-state index is 6.13. The first-order valence-electron chi connectivity index (χ1n) is 8.59. The third-order valence-corrected chi connectivity index (χ3v) is 4.59. The van der Waals surface area contributed by atoms with Crippen molar-refractivity contribution in [3.8, 4) is 11.3 Å². The van der Waals surface area contributed by atoms with Gasteiger partial charge in [0, 0.05) is 35.2 Å². The molecule has 0 unspecified atom stereocenters. The third-order valence-electron chi connectivity index (χ3n) is 4.59. The number of amidine groups is 2. The van der Waals surface area contributed by atoms with Crippen molar-refractivity contribution in [1.82, 2.24) is 10.6 Å². The minimum Gasteiger partial charge on any atom is -0.456 e. The molecule has 0 bridgehead atoms. The molecule has 5 heteroatoms. The van der Waals surface area contributed by atoms with Crippen molar-refractivity contribution in [1.29, 1.82) is 0 Å². The second-order valence-electron chi connectivity index (χ2n) is 6.22. The lowest BCUT2D eigenvalue weighted by Gasteiger charge is -2.07. The van der Waals surface area contributed by atoms with Gasteiger partial charge in [0.15, 0.2) is 0 Å². The summed E-state index contributed by atoms with van der Waals surface area (Å²) in [4.78, 5) is 9.05. The molecule has 2 aliphatic heterocycles. The summed E-state index contributed by atoms with van der Waals surface area (Å²) >= 11 is 0. The number of benzene rings is 2. The van der Waals surface area contributed by atoms with E-state index in [0.29, 0.717) is 0 Å². The van der Waals surface area contributed by atoms with Gasteiger partial charge in [-0.25, -0.2) is 0 Å². The zero-order valence-electron chi connectivity index (χ0n) is 13.7. The zero-order valence-corrected chi connectivity index (χ0v) is 13.7. The summed E-state index contributed by atoms with van der Waals surface area (Å²) in [7, 11) is 0. The third kappa shape index (κ3) is 2.48. The van der Waals surface area contributed by atoms with Crippen molar-refractivity contribution in [2.45, 2.75) is 0 Å². The lowest BCUT2D eigenvalue weighted by molar-refractivity contribution is 0.631. The lowest BCUT2D eigenvalue weighted by atomic mass is 10.0. The number of rotatable bonds is 3. The molecule has 0 radical (unpaired) electrons. The molecule has 0 saturated heterocycles. The minimum atomic E-state index is 0.822. The van der Waals surface area contributed by atoms with Crippen LogP contribution in [0.3, 0.4) is 0 Å². The van der Waals surface area contributed by atoms with Crippen LogP contribution in [-0.4, -0.2) is 37.9 Å². The van der Waals surface area contributed by atoms with E-state index in [1.807, 2.05) is 18.2 Å². The highest BCUT2D eigenvalue weighted by atomic mass is 16.3. The summed E-state index contributed by atoms with van der Waals surface area (Å²) in [5.41, 5.74) is 4.13. The number of nitrogens with zero attached hydrogens (tertiary/aromatic N) is 2. The molecule has 3 heterocycles. The Hall–Kier alpha value is -3.08. The van der Waals surface area contributed by atoms with E-state index in [0.717, 1.165) is 71.3 Å². The molecule has 124 valence electrons. The smallest absolute Gasteiger partial charge is 0.136 e. The van der Waals surface area contributed by atoms with E-state index in [1.165, 1.54) is 0 Å². The highest BCUT2D eigenvalue weighted by Gasteiger charge is 2.17. The van der Waals surface area contributed by atoms with Crippen molar-refractivity contribution >= 4 is 22.6 Å². The molecule has 25 heavy (non-hydrogen) atoms. The van der Waals surface area contributed by atoms with Crippen LogP contribution in [0, 0.1) is 0 Å². The molecule has 0 atom stereocenters. The van der Waals surface area contributed by atoms with Gasteiger partial charge in [0.1, 0.15) is 23.0 Å². The Morgan fingerprint density at radius 2 is 1.56 bits per heavy atom. The van der Waals surface area contributed by atoms with E-state index in [4.69, 9.17) is 4.42 Å². The van der Waals surface area contributed by atoms with Gasteiger partial charge in [0.25, 0.3) is 0 Å². The first-order valence-corrected chi connectivity index (χ1v) is 8.59. The second kappa shape index (κ2) is 5.77. The maximum atomic E-state index is 6.13. The van der Waals surface area contributed by atoms with Crippen LogP contribution in [0.4, 0.5) is 0 Å². The number of nitrogens with one attached hydrogen (secondary N) is 2. The predicted molar refractivity (Wildman–Crippen MR) is 100 cm³/mol. The molecular weight excluding hydrogens is 312 g/mol. The summed E-state index contributed by atoms with van der Waals surface area (Å²) in [6.45, 7) is 3.46. The zero-order chi connectivity index (χ0) is 16.6. The number of fused-ring (bicyclic) bond motifs is 1. The van der Waals surface area contributed by atoms with Crippen LogP contribution >= 0.6 is 0 Å². The van der Waals surface area contributed by atoms with Gasteiger partial charge in [-0.05, 0) is 24.3 Å². The van der Waals surface area contributed by atoms with E-state index in [1.54, 1.807) is 0 Å². The molecular formula is C20H18N4O. The van der Waals surface area contributed by atoms with E-state index < -0.39 is 0 Å². The second-order valence-corrected chi connectivity index (χ2v) is 6.22. The summed E-state index contributed by atoms with van der Waals surface area (Å²) in [6, 6.07) is 16.5. The minimum absolute atomic E-state index is 0.822. The van der Waals surface area contributed by atoms with Crippen LogP contribution in [0.5, 0.6) is 0 Å². The Morgan fingerprint density at radius 3 is 2.32 bits per heavy atom. The van der Waals surface area contributed by atoms with E-state index in [2.05, 4.69) is 51.0 Å². The molecule has 3 aromatic rings. The monoisotopic (exact) mass is 330 g/mol. The fourth-order valence-electron chi connectivity index (χ4n) is 3.40. The van der Waals surface area contributed by atoms with Crippen LogP contribution in [0.25, 0.3) is 22.3 Å². The van der Waals surface area contributed by atoms with Gasteiger partial charge in [-0.1, -0.05) is 24.3 Å². The van der Waals surface area contributed by atoms with Gasteiger partial charge in [0.05, 0.1) is 13.1 Å². The van der Waals surface area contributed by atoms with Crippen molar-refractivity contribution in [2.24, 2.45) is 9.98 Å². The number of aliphatic imine (C=N–C) groups is 2. The lowest BCUT2D eigenvalue weighted by Crippen LogP contribution is -2.20. The Labute approximate surface area is 145 Å². The quantitative estimate of drug-likeness (QED) is 0.776. The van der Waals surface area contributed by atoms with Crippen molar-refractivity contribution in [3.05, 3.63) is 59.7 Å². The molecule has 0 spiro atoms. The summed E-state index contributed by atoms with van der Waals surface area (Å²) < 4.78 is 6.13. The average molecular weight is 330 g/mol. The van der Waals surface area contributed by atoms with Crippen LogP contribution in [0.1, 0.15) is 11.1 Å². The van der Waals surface area contributed by atoms with Gasteiger partial charge >= 0.3 is 0 Å². The fourth-order valence-corrected chi connectivity index (χ4v) is 3.40. The first-order chi connectivity index (χ1) is 12.4. The molecule has 0 saturated carbocycles. The Kier molecular flexibility index (Phi) is 3.30. The predicted octanol–water partition coefficient (Wildman–Crippen LogP) is 2.80. The topological polar surface area (TPSA) is 61.9 Å². The van der Waals surface area contributed by atoms with Crippen molar-refractivity contribution in [2.75, 3.05) is 26.2 Å². The maximum Gasteiger partial charge on any atom is 0.136 e. The Bertz CT molecular complexity index is 1020. The van der Waals surface area contributed by atoms with Gasteiger partial charge in [-0.2, -0.15) is 0 Å². The van der Waals surface area contributed by atoms with Gasteiger partial charge in [-0.3, -0.25) is 9.98 Å². The highest BCUT2D eigenvalue weighted by Crippen LogP contribution is 2.31. The van der Waals surface area contributed by atoms with Crippen LogP contribution < -0.4 is 10.6 Å². The largest absolute Gasteiger partial charge is 0.456 e. The summed E-state index contributed by atoms with van der Waals surface area (Å²) in [5.74, 6) is 2.77. The molecule has 2 aromatic carbocycles. The first kappa shape index (κ1) is 14.3. The van der Waals surface area contributed by atoms with E-state index >= 15 is 0 Å². The van der Waals surface area contributed by atoms with Crippen LogP contribution in [0.15, 0.2) is 62.9 Å². The summed E-state index contributed by atoms with van der Waals surface area (Å²) in [5, 5.41) is 7.75. The van der Waals surface area contributed by atoms with Gasteiger partial charge in [0.2, 0.25) is 0 Å². The number of hydrogen-bond acceptors (Lipinski definition) is 5. The van der Waals surface area contributed by atoms with Gasteiger partial charge in [-0.15, -0.1) is 0 Å². The molecule has 0 fully saturated rings. The Balaban J connectivity index is 1.60. The molecule has 2 aliphatic rings. The van der Waals surface area contributed by atoms with Crippen LogP contribution in [0.2, 0.25) is 0 Å². The van der Waals surface area contributed by atoms with Crippen LogP contribution in [-0.2, 0) is 0 Å². The molecule has 5 rings (SSSR count). The number of hydrogen-bond donors (Lipinski definition) is 2. The summed E-state index contributed by atoms with van der Waals surface area (Å²) in [6.07, 6.45) is 0. The highest BCUT2D eigenvalue weighted by molar-refractivity contribution is 6.06. The van der Waals surface area contributed by atoms with E-state index in [9.17, 15) is 0 Å².